The Morgan fingerprint density at radius 3 is 2.25 bits per heavy atom. The highest BCUT2D eigenvalue weighted by Crippen LogP contribution is 2.27. The Labute approximate surface area is 122 Å². The van der Waals surface area contributed by atoms with Crippen LogP contribution in [0.4, 0.5) is 0 Å². The second-order valence-corrected chi connectivity index (χ2v) is 5.62. The first-order valence-corrected chi connectivity index (χ1v) is 7.25. The van der Waals surface area contributed by atoms with E-state index in [0.717, 1.165) is 12.2 Å². The molecule has 0 aliphatic carbocycles. The van der Waals surface area contributed by atoms with E-state index >= 15 is 0 Å². The van der Waals surface area contributed by atoms with E-state index in [-0.39, 0.29) is 6.04 Å². The molecule has 1 heterocycles. The van der Waals surface area contributed by atoms with Gasteiger partial charge in [-0.25, -0.2) is 0 Å². The quantitative estimate of drug-likeness (QED) is 0.924. The summed E-state index contributed by atoms with van der Waals surface area (Å²) >= 11 is 0. The van der Waals surface area contributed by atoms with Gasteiger partial charge in [-0.2, -0.15) is 5.10 Å². The maximum atomic E-state index is 4.49. The van der Waals surface area contributed by atoms with E-state index in [1.54, 1.807) is 0 Å². The molecule has 2 aromatic rings. The van der Waals surface area contributed by atoms with Gasteiger partial charge in [0, 0.05) is 7.05 Å². The highest BCUT2D eigenvalue weighted by atomic mass is 15.3. The summed E-state index contributed by atoms with van der Waals surface area (Å²) in [4.78, 5) is 0. The molecular formula is C17H25N3. The lowest BCUT2D eigenvalue weighted by Crippen LogP contribution is -2.25. The fraction of sp³-hybridized carbons (Fsp3) is 0.471. The lowest BCUT2D eigenvalue weighted by Gasteiger charge is -2.22. The van der Waals surface area contributed by atoms with Gasteiger partial charge in [-0.3, -0.25) is 4.68 Å². The largest absolute Gasteiger partial charge is 0.305 e. The molecule has 1 aromatic carbocycles. The van der Waals surface area contributed by atoms with E-state index in [9.17, 15) is 0 Å². The van der Waals surface area contributed by atoms with Crippen LogP contribution in [0.25, 0.3) is 0 Å². The molecule has 0 radical (unpaired) electrons. The van der Waals surface area contributed by atoms with Gasteiger partial charge in [0.15, 0.2) is 0 Å². The van der Waals surface area contributed by atoms with Crippen molar-refractivity contribution >= 4 is 0 Å². The number of hydrogen-bond donors (Lipinski definition) is 1. The molecule has 0 bridgehead atoms. The van der Waals surface area contributed by atoms with Gasteiger partial charge in [0.05, 0.1) is 17.4 Å². The highest BCUT2D eigenvalue weighted by molar-refractivity contribution is 5.41. The van der Waals surface area contributed by atoms with Gasteiger partial charge in [0.1, 0.15) is 0 Å². The van der Waals surface area contributed by atoms with Crippen molar-refractivity contribution in [3.05, 3.63) is 51.8 Å². The first-order chi connectivity index (χ1) is 9.43. The molecule has 0 aliphatic heterocycles. The molecule has 0 aliphatic rings. The monoisotopic (exact) mass is 271 g/mol. The maximum absolute atomic E-state index is 4.49. The van der Waals surface area contributed by atoms with E-state index < -0.39 is 0 Å². The topological polar surface area (TPSA) is 29.9 Å². The summed E-state index contributed by atoms with van der Waals surface area (Å²) < 4.78 is 1.98. The average molecular weight is 271 g/mol. The third kappa shape index (κ3) is 2.78. The smallest absolute Gasteiger partial charge is 0.0750 e. The van der Waals surface area contributed by atoms with Crippen molar-refractivity contribution in [3.63, 3.8) is 0 Å². The van der Waals surface area contributed by atoms with Gasteiger partial charge < -0.3 is 5.32 Å². The Morgan fingerprint density at radius 1 is 1.05 bits per heavy atom. The number of nitrogens with one attached hydrogen (secondary N) is 1. The predicted molar refractivity (Wildman–Crippen MR) is 84.1 cm³/mol. The summed E-state index contributed by atoms with van der Waals surface area (Å²) in [7, 11) is 2.02. The number of benzene rings is 1. The molecule has 1 aromatic heterocycles. The Balaban J connectivity index is 2.54. The van der Waals surface area contributed by atoms with Crippen LogP contribution in [0.1, 0.15) is 46.6 Å². The zero-order chi connectivity index (χ0) is 14.9. The van der Waals surface area contributed by atoms with Crippen LogP contribution < -0.4 is 5.32 Å². The summed E-state index contributed by atoms with van der Waals surface area (Å²) in [6.07, 6.45) is 0. The minimum Gasteiger partial charge on any atom is -0.305 e. The second kappa shape index (κ2) is 5.80. The van der Waals surface area contributed by atoms with Gasteiger partial charge in [-0.15, -0.1) is 0 Å². The molecular weight excluding hydrogens is 246 g/mol. The minimum atomic E-state index is 0.200. The van der Waals surface area contributed by atoms with Crippen molar-refractivity contribution in [2.45, 2.75) is 40.7 Å². The Hall–Kier alpha value is -1.61. The van der Waals surface area contributed by atoms with Gasteiger partial charge in [-0.05, 0) is 62.6 Å². The SMILES string of the molecule is CCNC(c1cc(C)c(C)cc1C)c1cc(C)nn1C. The number of rotatable bonds is 4. The highest BCUT2D eigenvalue weighted by Gasteiger charge is 2.19. The van der Waals surface area contributed by atoms with Crippen LogP contribution in [0, 0.1) is 27.7 Å². The Kier molecular flexibility index (Phi) is 4.29. The zero-order valence-electron chi connectivity index (χ0n) is 13.4. The van der Waals surface area contributed by atoms with Crippen molar-refractivity contribution in [1.29, 1.82) is 0 Å². The summed E-state index contributed by atoms with van der Waals surface area (Å²) in [5.74, 6) is 0. The molecule has 0 saturated heterocycles. The van der Waals surface area contributed by atoms with Crippen molar-refractivity contribution in [3.8, 4) is 0 Å². The van der Waals surface area contributed by atoms with Crippen molar-refractivity contribution < 1.29 is 0 Å². The van der Waals surface area contributed by atoms with Gasteiger partial charge >= 0.3 is 0 Å². The van der Waals surface area contributed by atoms with Crippen LogP contribution in [-0.2, 0) is 7.05 Å². The standard InChI is InChI=1S/C17H25N3/c1-7-18-17(16-10-14(5)19-20(16)6)15-9-12(3)11(2)8-13(15)4/h8-10,17-18H,7H2,1-6H3. The zero-order valence-corrected chi connectivity index (χ0v) is 13.4. The predicted octanol–water partition coefficient (Wildman–Crippen LogP) is 3.35. The minimum absolute atomic E-state index is 0.200. The van der Waals surface area contributed by atoms with E-state index in [0.29, 0.717) is 0 Å². The normalized spacial score (nSPS) is 12.7. The van der Waals surface area contributed by atoms with Crippen LogP contribution in [0.5, 0.6) is 0 Å². The first-order valence-electron chi connectivity index (χ1n) is 7.25. The Bertz CT molecular complexity index is 611. The second-order valence-electron chi connectivity index (χ2n) is 5.62. The number of nitrogens with zero attached hydrogens (tertiary/aromatic N) is 2. The van der Waals surface area contributed by atoms with E-state index in [1.807, 2.05) is 18.7 Å². The Morgan fingerprint density at radius 2 is 1.70 bits per heavy atom. The molecule has 0 fully saturated rings. The fourth-order valence-electron chi connectivity index (χ4n) is 2.77. The maximum Gasteiger partial charge on any atom is 0.0750 e. The third-order valence-electron chi connectivity index (χ3n) is 3.94. The number of aryl methyl sites for hydroxylation is 5. The van der Waals surface area contributed by atoms with Crippen molar-refractivity contribution in [1.82, 2.24) is 15.1 Å². The molecule has 0 amide bonds. The molecule has 1 unspecified atom stereocenters. The van der Waals surface area contributed by atoms with E-state index in [1.165, 1.54) is 27.9 Å². The summed E-state index contributed by atoms with van der Waals surface area (Å²) in [6, 6.07) is 6.95. The van der Waals surface area contributed by atoms with E-state index in [4.69, 9.17) is 0 Å². The third-order valence-corrected chi connectivity index (χ3v) is 3.94. The molecule has 20 heavy (non-hydrogen) atoms. The van der Waals surface area contributed by atoms with Gasteiger partial charge in [-0.1, -0.05) is 19.1 Å². The van der Waals surface area contributed by atoms with Crippen molar-refractivity contribution in [2.75, 3.05) is 6.54 Å². The van der Waals surface area contributed by atoms with Crippen LogP contribution in [-0.4, -0.2) is 16.3 Å². The molecule has 3 heteroatoms. The van der Waals surface area contributed by atoms with Crippen molar-refractivity contribution in [2.24, 2.45) is 7.05 Å². The van der Waals surface area contributed by atoms with Crippen LogP contribution in [0.15, 0.2) is 18.2 Å². The molecule has 1 atom stereocenters. The van der Waals surface area contributed by atoms with Crippen LogP contribution in [0.2, 0.25) is 0 Å². The lowest BCUT2D eigenvalue weighted by molar-refractivity contribution is 0.569. The first kappa shape index (κ1) is 14.8. The molecule has 1 N–H and O–H groups in total. The molecule has 0 saturated carbocycles. The van der Waals surface area contributed by atoms with Gasteiger partial charge in [0.25, 0.3) is 0 Å². The summed E-state index contributed by atoms with van der Waals surface area (Å²) in [5, 5.41) is 8.08. The van der Waals surface area contributed by atoms with Crippen LogP contribution in [0.3, 0.4) is 0 Å². The summed E-state index contributed by atoms with van der Waals surface area (Å²) in [6.45, 7) is 11.7. The molecule has 0 spiro atoms. The molecule has 2 rings (SSSR count). The number of hydrogen-bond acceptors (Lipinski definition) is 2. The van der Waals surface area contributed by atoms with Crippen LogP contribution >= 0.6 is 0 Å². The van der Waals surface area contributed by atoms with Gasteiger partial charge in [0.2, 0.25) is 0 Å². The fourth-order valence-corrected chi connectivity index (χ4v) is 2.77. The lowest BCUT2D eigenvalue weighted by atomic mass is 9.94. The summed E-state index contributed by atoms with van der Waals surface area (Å²) in [5.41, 5.74) is 7.65. The average Bonchev–Trinajstić information content (AvgIpc) is 2.70. The molecule has 3 nitrogen and oxygen atoms in total. The number of aromatic nitrogens is 2. The van der Waals surface area contributed by atoms with E-state index in [2.05, 4.69) is 56.3 Å². The molecule has 108 valence electrons.